The Bertz CT molecular complexity index is 199. The van der Waals surface area contributed by atoms with Crippen molar-refractivity contribution in [3.8, 4) is 0 Å². The van der Waals surface area contributed by atoms with E-state index >= 15 is 0 Å². The van der Waals surface area contributed by atoms with E-state index < -0.39 is 6.10 Å². The van der Waals surface area contributed by atoms with Crippen LogP contribution >= 0.6 is 0 Å². The highest BCUT2D eigenvalue weighted by molar-refractivity contribution is 4.74. The van der Waals surface area contributed by atoms with Crippen molar-refractivity contribution in [2.75, 3.05) is 20.3 Å². The van der Waals surface area contributed by atoms with Crippen molar-refractivity contribution in [3.05, 3.63) is 0 Å². The van der Waals surface area contributed by atoms with Crippen molar-refractivity contribution in [2.24, 2.45) is 0 Å². The fourth-order valence-corrected chi connectivity index (χ4v) is 2.15. The smallest absolute Gasteiger partial charge is 0.0897 e. The maximum absolute atomic E-state index is 9.73. The molecule has 4 nitrogen and oxygen atoms in total. The average molecular weight is 245 g/mol. The Hall–Kier alpha value is -0.160. The minimum Gasteiger partial charge on any atom is -0.389 e. The number of rotatable bonds is 7. The first-order chi connectivity index (χ1) is 8.11. The van der Waals surface area contributed by atoms with E-state index in [9.17, 15) is 5.11 Å². The van der Waals surface area contributed by atoms with Gasteiger partial charge in [-0.05, 0) is 25.7 Å². The van der Waals surface area contributed by atoms with Crippen LogP contribution < -0.4 is 5.32 Å². The van der Waals surface area contributed by atoms with Crippen LogP contribution in [-0.4, -0.2) is 49.7 Å². The molecule has 0 spiro atoms. The van der Waals surface area contributed by atoms with Crippen LogP contribution in [0.3, 0.4) is 0 Å². The highest BCUT2D eigenvalue weighted by Crippen LogP contribution is 2.23. The van der Waals surface area contributed by atoms with E-state index in [2.05, 4.69) is 19.2 Å². The minimum absolute atomic E-state index is 0.252. The highest BCUT2D eigenvalue weighted by Gasteiger charge is 2.22. The molecule has 1 saturated carbocycles. The number of aliphatic hydroxyl groups excluding tert-OH is 1. The van der Waals surface area contributed by atoms with Gasteiger partial charge in [-0.1, -0.05) is 13.8 Å². The molecule has 0 aromatic carbocycles. The summed E-state index contributed by atoms with van der Waals surface area (Å²) in [6, 6.07) is 0.400. The first-order valence-corrected chi connectivity index (χ1v) is 6.67. The predicted octanol–water partition coefficient (Wildman–Crippen LogP) is 1.32. The number of hydrogen-bond donors (Lipinski definition) is 2. The van der Waals surface area contributed by atoms with Crippen molar-refractivity contribution in [1.29, 1.82) is 0 Å². The first kappa shape index (κ1) is 14.9. The maximum Gasteiger partial charge on any atom is 0.0897 e. The second kappa shape index (κ2) is 8.03. The molecule has 0 amide bonds. The van der Waals surface area contributed by atoms with E-state index in [4.69, 9.17) is 9.47 Å². The topological polar surface area (TPSA) is 50.7 Å². The molecule has 3 unspecified atom stereocenters. The molecule has 4 heteroatoms. The molecule has 0 bridgehead atoms. The zero-order chi connectivity index (χ0) is 12.7. The molecular weight excluding hydrogens is 218 g/mol. The SMILES string of the molecule is COC1CCCC(OCC(O)CNC(C)C)C1. The largest absolute Gasteiger partial charge is 0.389 e. The van der Waals surface area contributed by atoms with Gasteiger partial charge in [-0.3, -0.25) is 0 Å². The van der Waals surface area contributed by atoms with Crippen molar-refractivity contribution in [3.63, 3.8) is 0 Å². The van der Waals surface area contributed by atoms with Crippen LogP contribution in [-0.2, 0) is 9.47 Å². The average Bonchev–Trinajstić information content (AvgIpc) is 2.34. The molecule has 1 aliphatic rings. The Morgan fingerprint density at radius 2 is 2.00 bits per heavy atom. The second-order valence-electron chi connectivity index (χ2n) is 5.20. The lowest BCUT2D eigenvalue weighted by atomic mass is 9.95. The fraction of sp³-hybridized carbons (Fsp3) is 1.00. The van der Waals surface area contributed by atoms with E-state index in [-0.39, 0.29) is 6.10 Å². The van der Waals surface area contributed by atoms with Crippen molar-refractivity contribution in [2.45, 2.75) is 63.9 Å². The lowest BCUT2D eigenvalue weighted by Crippen LogP contribution is -2.36. The van der Waals surface area contributed by atoms with Crippen LogP contribution in [0.15, 0.2) is 0 Å². The lowest BCUT2D eigenvalue weighted by Gasteiger charge is -2.29. The van der Waals surface area contributed by atoms with Crippen molar-refractivity contribution in [1.82, 2.24) is 5.32 Å². The number of ether oxygens (including phenoxy) is 2. The molecule has 0 heterocycles. The van der Waals surface area contributed by atoms with Crippen molar-refractivity contribution >= 4 is 0 Å². The van der Waals surface area contributed by atoms with Crippen molar-refractivity contribution < 1.29 is 14.6 Å². The molecule has 0 radical (unpaired) electrons. The quantitative estimate of drug-likeness (QED) is 0.710. The maximum atomic E-state index is 9.73. The number of aliphatic hydroxyl groups is 1. The molecule has 1 aliphatic carbocycles. The molecule has 0 saturated heterocycles. The summed E-state index contributed by atoms with van der Waals surface area (Å²) in [5.41, 5.74) is 0. The van der Waals surface area contributed by atoms with Gasteiger partial charge >= 0.3 is 0 Å². The van der Waals surface area contributed by atoms with Gasteiger partial charge in [0.2, 0.25) is 0 Å². The zero-order valence-electron chi connectivity index (χ0n) is 11.3. The molecular formula is C13H27NO3. The molecule has 0 aliphatic heterocycles. The Morgan fingerprint density at radius 3 is 2.65 bits per heavy atom. The molecule has 102 valence electrons. The fourth-order valence-electron chi connectivity index (χ4n) is 2.15. The summed E-state index contributed by atoms with van der Waals surface area (Å²) in [6.45, 7) is 5.15. The molecule has 1 rings (SSSR count). The van der Waals surface area contributed by atoms with Gasteiger partial charge in [-0.15, -0.1) is 0 Å². The van der Waals surface area contributed by atoms with Gasteiger partial charge in [-0.25, -0.2) is 0 Å². The highest BCUT2D eigenvalue weighted by atomic mass is 16.5. The minimum atomic E-state index is -0.416. The van der Waals surface area contributed by atoms with Gasteiger partial charge in [0.05, 0.1) is 24.9 Å². The molecule has 3 atom stereocenters. The van der Waals surface area contributed by atoms with Crippen LogP contribution in [0.25, 0.3) is 0 Å². The van der Waals surface area contributed by atoms with Crippen LogP contribution in [0.2, 0.25) is 0 Å². The summed E-state index contributed by atoms with van der Waals surface area (Å²) in [4.78, 5) is 0. The molecule has 1 fully saturated rings. The third-order valence-electron chi connectivity index (χ3n) is 3.20. The first-order valence-electron chi connectivity index (χ1n) is 6.67. The summed E-state index contributed by atoms with van der Waals surface area (Å²) in [5, 5.41) is 12.9. The van der Waals surface area contributed by atoms with Gasteiger partial charge in [-0.2, -0.15) is 0 Å². The van der Waals surface area contributed by atoms with E-state index in [1.165, 1.54) is 0 Å². The molecule has 17 heavy (non-hydrogen) atoms. The number of methoxy groups -OCH3 is 1. The van der Waals surface area contributed by atoms with Crippen LogP contribution in [0.4, 0.5) is 0 Å². The van der Waals surface area contributed by atoms with Crippen LogP contribution in [0.1, 0.15) is 39.5 Å². The van der Waals surface area contributed by atoms with Gasteiger partial charge in [0.15, 0.2) is 0 Å². The lowest BCUT2D eigenvalue weighted by molar-refractivity contribution is -0.0559. The summed E-state index contributed by atoms with van der Waals surface area (Å²) in [7, 11) is 1.76. The van der Waals surface area contributed by atoms with Gasteiger partial charge in [0.25, 0.3) is 0 Å². The Kier molecular flexibility index (Phi) is 7.04. The Morgan fingerprint density at radius 1 is 1.29 bits per heavy atom. The molecule has 0 aromatic rings. The number of hydrogen-bond acceptors (Lipinski definition) is 4. The molecule has 2 N–H and O–H groups in total. The van der Waals surface area contributed by atoms with Gasteiger partial charge in [0.1, 0.15) is 0 Å². The molecule has 0 aromatic heterocycles. The van der Waals surface area contributed by atoms with Gasteiger partial charge < -0.3 is 19.9 Å². The third kappa shape index (κ3) is 6.36. The summed E-state index contributed by atoms with van der Waals surface area (Å²) >= 11 is 0. The standard InChI is InChI=1S/C13H27NO3/c1-10(2)14-8-11(15)9-17-13-6-4-5-12(7-13)16-3/h10-15H,4-9H2,1-3H3. The Labute approximate surface area is 105 Å². The summed E-state index contributed by atoms with van der Waals surface area (Å²) < 4.78 is 11.1. The monoisotopic (exact) mass is 245 g/mol. The van der Waals surface area contributed by atoms with E-state index in [0.29, 0.717) is 25.3 Å². The van der Waals surface area contributed by atoms with E-state index in [0.717, 1.165) is 25.7 Å². The predicted molar refractivity (Wildman–Crippen MR) is 68.2 cm³/mol. The third-order valence-corrected chi connectivity index (χ3v) is 3.20. The second-order valence-corrected chi connectivity index (χ2v) is 5.20. The van der Waals surface area contributed by atoms with Crippen LogP contribution in [0, 0.1) is 0 Å². The zero-order valence-corrected chi connectivity index (χ0v) is 11.3. The van der Waals surface area contributed by atoms with Crippen LogP contribution in [0.5, 0.6) is 0 Å². The summed E-state index contributed by atoms with van der Waals surface area (Å²) in [5.74, 6) is 0. The van der Waals surface area contributed by atoms with E-state index in [1.807, 2.05) is 0 Å². The summed E-state index contributed by atoms with van der Waals surface area (Å²) in [6.07, 6.45) is 4.50. The Balaban J connectivity index is 2.12. The normalized spacial score (nSPS) is 27.4. The van der Waals surface area contributed by atoms with Gasteiger partial charge in [0, 0.05) is 19.7 Å². The van der Waals surface area contributed by atoms with E-state index in [1.54, 1.807) is 7.11 Å². The number of nitrogens with one attached hydrogen (secondary N) is 1.